The van der Waals surface area contributed by atoms with E-state index in [1.54, 1.807) is 4.90 Å². The van der Waals surface area contributed by atoms with Crippen LogP contribution in [0.4, 0.5) is 10.5 Å². The van der Waals surface area contributed by atoms with Crippen LogP contribution in [0.25, 0.3) is 0 Å². The van der Waals surface area contributed by atoms with E-state index in [0.29, 0.717) is 12.5 Å². The molecule has 0 unspecified atom stereocenters. The van der Waals surface area contributed by atoms with Gasteiger partial charge in [0.1, 0.15) is 5.60 Å². The topological polar surface area (TPSA) is 49.8 Å². The maximum atomic E-state index is 12.1. The minimum absolute atomic E-state index is 0.242. The summed E-state index contributed by atoms with van der Waals surface area (Å²) in [6.07, 6.45) is 3.34. The van der Waals surface area contributed by atoms with E-state index in [-0.39, 0.29) is 18.3 Å². The molecule has 0 bridgehead atoms. The van der Waals surface area contributed by atoms with Gasteiger partial charge in [0.2, 0.25) is 0 Å². The summed E-state index contributed by atoms with van der Waals surface area (Å²) in [6, 6.07) is 9.65. The number of anilines is 1. The van der Waals surface area contributed by atoms with Crippen molar-refractivity contribution in [1.82, 2.24) is 0 Å². The maximum absolute atomic E-state index is 12.1. The molecule has 1 saturated heterocycles. The first-order valence-corrected chi connectivity index (χ1v) is 6.89. The standard InChI is InChI=1S/C15H19NO3/c17-10-12-6-8-15(9-7-12)11-16(14(18)19-15)13-4-2-1-3-5-13/h1-5,12,17H,6-11H2/t12-,15-. The van der Waals surface area contributed by atoms with Crippen molar-refractivity contribution in [3.8, 4) is 0 Å². The Labute approximate surface area is 113 Å². The minimum atomic E-state index is -0.335. The molecule has 1 N–H and O–H groups in total. The Morgan fingerprint density at radius 3 is 2.58 bits per heavy atom. The molecule has 1 aromatic carbocycles. The smallest absolute Gasteiger partial charge is 0.415 e. The SMILES string of the molecule is O=C1O[C@]2(CC[C@H](CO)CC2)CN1c1ccccc1. The third-order valence-corrected chi connectivity index (χ3v) is 4.31. The van der Waals surface area contributed by atoms with E-state index in [4.69, 9.17) is 4.74 Å². The normalized spacial score (nSPS) is 30.7. The van der Waals surface area contributed by atoms with Crippen LogP contribution in [0.15, 0.2) is 30.3 Å². The Kier molecular flexibility index (Phi) is 3.19. The van der Waals surface area contributed by atoms with Crippen molar-refractivity contribution in [1.29, 1.82) is 0 Å². The third kappa shape index (κ3) is 2.32. The Morgan fingerprint density at radius 1 is 1.26 bits per heavy atom. The molecule has 4 heteroatoms. The lowest BCUT2D eigenvalue weighted by atomic mass is 9.79. The molecule has 102 valence electrons. The second kappa shape index (κ2) is 4.85. The van der Waals surface area contributed by atoms with E-state index in [2.05, 4.69) is 0 Å². The van der Waals surface area contributed by atoms with Gasteiger partial charge in [-0.3, -0.25) is 4.90 Å². The van der Waals surface area contributed by atoms with E-state index < -0.39 is 0 Å². The van der Waals surface area contributed by atoms with Crippen LogP contribution in [0.3, 0.4) is 0 Å². The van der Waals surface area contributed by atoms with Crippen molar-refractivity contribution in [3.05, 3.63) is 30.3 Å². The fourth-order valence-corrected chi connectivity index (χ4v) is 3.08. The summed E-state index contributed by atoms with van der Waals surface area (Å²) in [7, 11) is 0. The Morgan fingerprint density at radius 2 is 1.95 bits per heavy atom. The number of benzene rings is 1. The summed E-state index contributed by atoms with van der Waals surface area (Å²) in [6.45, 7) is 0.875. The Hall–Kier alpha value is -1.55. The van der Waals surface area contributed by atoms with Gasteiger partial charge in [0.05, 0.1) is 6.54 Å². The van der Waals surface area contributed by atoms with Crippen molar-refractivity contribution in [2.75, 3.05) is 18.1 Å². The molecule has 0 radical (unpaired) electrons. The third-order valence-electron chi connectivity index (χ3n) is 4.31. The predicted octanol–water partition coefficient (Wildman–Crippen LogP) is 2.56. The van der Waals surface area contributed by atoms with Gasteiger partial charge in [-0.2, -0.15) is 0 Å². The number of aliphatic hydroxyl groups excluding tert-OH is 1. The molecule has 0 aromatic heterocycles. The number of hydrogen-bond acceptors (Lipinski definition) is 3. The second-order valence-electron chi connectivity index (χ2n) is 5.60. The van der Waals surface area contributed by atoms with Crippen LogP contribution >= 0.6 is 0 Å². The number of carbonyl (C=O) groups is 1. The Bertz CT molecular complexity index is 452. The molecule has 1 saturated carbocycles. The largest absolute Gasteiger partial charge is 0.441 e. The lowest BCUT2D eigenvalue weighted by Gasteiger charge is -2.34. The molecule has 4 nitrogen and oxygen atoms in total. The lowest BCUT2D eigenvalue weighted by molar-refractivity contribution is 0.00558. The van der Waals surface area contributed by atoms with Gasteiger partial charge in [0.25, 0.3) is 0 Å². The fourth-order valence-electron chi connectivity index (χ4n) is 3.08. The Balaban J connectivity index is 1.74. The number of para-hydroxylation sites is 1. The second-order valence-corrected chi connectivity index (χ2v) is 5.60. The van der Waals surface area contributed by atoms with Crippen molar-refractivity contribution in [2.24, 2.45) is 5.92 Å². The molecule has 1 amide bonds. The molecule has 1 spiro atoms. The minimum Gasteiger partial charge on any atom is -0.441 e. The van der Waals surface area contributed by atoms with Gasteiger partial charge < -0.3 is 9.84 Å². The van der Waals surface area contributed by atoms with Gasteiger partial charge in [0.15, 0.2) is 0 Å². The first-order valence-electron chi connectivity index (χ1n) is 6.89. The van der Waals surface area contributed by atoms with Crippen LogP contribution in [0.2, 0.25) is 0 Å². The zero-order chi connectivity index (χ0) is 13.3. The quantitative estimate of drug-likeness (QED) is 0.890. The zero-order valence-electron chi connectivity index (χ0n) is 10.9. The summed E-state index contributed by atoms with van der Waals surface area (Å²) in [5, 5.41) is 9.19. The summed E-state index contributed by atoms with van der Waals surface area (Å²) in [5.74, 6) is 0.370. The molecule has 2 aliphatic rings. The van der Waals surface area contributed by atoms with Crippen LogP contribution in [0.1, 0.15) is 25.7 Å². The first kappa shape index (κ1) is 12.5. The van der Waals surface area contributed by atoms with Crippen LogP contribution in [-0.4, -0.2) is 30.0 Å². The molecule has 1 heterocycles. The van der Waals surface area contributed by atoms with Crippen molar-refractivity contribution in [3.63, 3.8) is 0 Å². The highest BCUT2D eigenvalue weighted by Gasteiger charge is 2.47. The number of rotatable bonds is 2. The molecular weight excluding hydrogens is 242 g/mol. The van der Waals surface area contributed by atoms with E-state index in [9.17, 15) is 9.90 Å². The van der Waals surface area contributed by atoms with E-state index in [1.165, 1.54) is 0 Å². The molecule has 1 aromatic rings. The molecule has 3 rings (SSSR count). The highest BCUT2D eigenvalue weighted by molar-refractivity contribution is 5.90. The molecule has 1 aliphatic carbocycles. The van der Waals surface area contributed by atoms with Crippen LogP contribution in [-0.2, 0) is 4.74 Å². The lowest BCUT2D eigenvalue weighted by Crippen LogP contribution is -2.39. The number of carbonyl (C=O) groups excluding carboxylic acids is 1. The number of amides is 1. The highest BCUT2D eigenvalue weighted by Crippen LogP contribution is 2.40. The fraction of sp³-hybridized carbons (Fsp3) is 0.533. The highest BCUT2D eigenvalue weighted by atomic mass is 16.6. The van der Waals surface area contributed by atoms with Gasteiger partial charge >= 0.3 is 6.09 Å². The molecule has 0 atom stereocenters. The number of ether oxygens (including phenoxy) is 1. The van der Waals surface area contributed by atoms with Crippen molar-refractivity contribution in [2.45, 2.75) is 31.3 Å². The molecule has 19 heavy (non-hydrogen) atoms. The van der Waals surface area contributed by atoms with E-state index >= 15 is 0 Å². The predicted molar refractivity (Wildman–Crippen MR) is 72.0 cm³/mol. The average molecular weight is 261 g/mol. The van der Waals surface area contributed by atoms with Gasteiger partial charge in [0, 0.05) is 12.3 Å². The van der Waals surface area contributed by atoms with E-state index in [1.807, 2.05) is 30.3 Å². The van der Waals surface area contributed by atoms with Crippen LogP contribution < -0.4 is 4.90 Å². The van der Waals surface area contributed by atoms with Gasteiger partial charge in [-0.25, -0.2) is 4.79 Å². The summed E-state index contributed by atoms with van der Waals surface area (Å²) in [5.41, 5.74) is 0.562. The maximum Gasteiger partial charge on any atom is 0.415 e. The van der Waals surface area contributed by atoms with Gasteiger partial charge in [-0.15, -0.1) is 0 Å². The molecular formula is C15H19NO3. The average Bonchev–Trinajstić information content (AvgIpc) is 2.77. The summed E-state index contributed by atoms with van der Waals surface area (Å²) >= 11 is 0. The van der Waals surface area contributed by atoms with E-state index in [0.717, 1.165) is 31.4 Å². The van der Waals surface area contributed by atoms with Crippen molar-refractivity contribution >= 4 is 11.8 Å². The molecule has 2 fully saturated rings. The number of nitrogens with zero attached hydrogens (tertiary/aromatic N) is 1. The zero-order valence-corrected chi connectivity index (χ0v) is 10.9. The summed E-state index contributed by atoms with van der Waals surface area (Å²) < 4.78 is 5.66. The van der Waals surface area contributed by atoms with Crippen LogP contribution in [0.5, 0.6) is 0 Å². The van der Waals surface area contributed by atoms with Gasteiger partial charge in [-0.05, 0) is 43.7 Å². The van der Waals surface area contributed by atoms with Crippen molar-refractivity contribution < 1.29 is 14.6 Å². The number of hydrogen-bond donors (Lipinski definition) is 1. The monoisotopic (exact) mass is 261 g/mol. The summed E-state index contributed by atoms with van der Waals surface area (Å²) in [4.78, 5) is 13.8. The molecule has 1 aliphatic heterocycles. The first-order chi connectivity index (χ1) is 9.22. The van der Waals surface area contributed by atoms with Crippen LogP contribution in [0, 0.1) is 5.92 Å². The van der Waals surface area contributed by atoms with Gasteiger partial charge in [-0.1, -0.05) is 18.2 Å². The number of aliphatic hydroxyl groups is 1.